The van der Waals surface area contributed by atoms with Gasteiger partial charge in [-0.25, -0.2) is 0 Å². The van der Waals surface area contributed by atoms with Gasteiger partial charge in [0, 0.05) is 11.8 Å². The second-order valence-corrected chi connectivity index (χ2v) is 2.84. The molecule has 1 aromatic heterocycles. The van der Waals surface area contributed by atoms with Crippen molar-refractivity contribution in [1.82, 2.24) is 4.98 Å². The lowest BCUT2D eigenvalue weighted by atomic mass is 10.1. The van der Waals surface area contributed by atoms with Crippen LogP contribution in [0.2, 0.25) is 0 Å². The second-order valence-electron chi connectivity index (χ2n) is 2.84. The first-order valence-corrected chi connectivity index (χ1v) is 3.95. The van der Waals surface area contributed by atoms with Crippen molar-refractivity contribution in [3.63, 3.8) is 0 Å². The number of aromatic nitrogens is 1. The first-order chi connectivity index (χ1) is 6.56. The molecule has 78 valence electrons. The van der Waals surface area contributed by atoms with Crippen molar-refractivity contribution in [2.75, 3.05) is 6.61 Å². The van der Waals surface area contributed by atoms with E-state index < -0.39 is 30.1 Å². The number of pyridine rings is 1. The molecule has 6 heteroatoms. The van der Waals surface area contributed by atoms with E-state index in [1.54, 1.807) is 0 Å². The van der Waals surface area contributed by atoms with Gasteiger partial charge in [-0.1, -0.05) is 0 Å². The van der Waals surface area contributed by atoms with Crippen LogP contribution in [-0.2, 0) is 0 Å². The molecule has 14 heavy (non-hydrogen) atoms. The smallest absolute Gasteiger partial charge is 0.290 e. The minimum atomic E-state index is -1.35. The maximum Gasteiger partial charge on any atom is 0.290 e. The quantitative estimate of drug-likeness (QED) is 0.407. The van der Waals surface area contributed by atoms with Gasteiger partial charge in [-0.2, -0.15) is 0 Å². The highest BCUT2D eigenvalue weighted by Gasteiger charge is 2.18. The summed E-state index contributed by atoms with van der Waals surface area (Å²) in [5.74, 6) is -0.549. The Labute approximate surface area is 79.1 Å². The van der Waals surface area contributed by atoms with E-state index in [1.807, 2.05) is 0 Å². The van der Waals surface area contributed by atoms with Gasteiger partial charge in [0.05, 0.1) is 6.61 Å². The SMILES string of the molecule is O=c1[nH]cc(C(O)C(O)CO)cc1O. The Morgan fingerprint density at radius 1 is 1.43 bits per heavy atom. The molecule has 2 unspecified atom stereocenters. The van der Waals surface area contributed by atoms with Crippen LogP contribution in [-0.4, -0.2) is 38.1 Å². The molecule has 0 aliphatic heterocycles. The third-order valence-corrected chi connectivity index (χ3v) is 1.80. The van der Waals surface area contributed by atoms with Gasteiger partial charge in [-0.15, -0.1) is 0 Å². The Kier molecular flexibility index (Phi) is 3.23. The summed E-state index contributed by atoms with van der Waals surface area (Å²) < 4.78 is 0. The highest BCUT2D eigenvalue weighted by molar-refractivity contribution is 5.24. The lowest BCUT2D eigenvalue weighted by molar-refractivity contribution is -0.0155. The Balaban J connectivity index is 2.96. The van der Waals surface area contributed by atoms with Crippen LogP contribution in [0.25, 0.3) is 0 Å². The second kappa shape index (κ2) is 4.23. The predicted molar refractivity (Wildman–Crippen MR) is 46.8 cm³/mol. The average Bonchev–Trinajstić information content (AvgIpc) is 2.20. The molecular weight excluding hydrogens is 190 g/mol. The summed E-state index contributed by atoms with van der Waals surface area (Å²) in [6, 6.07) is 1.03. The van der Waals surface area contributed by atoms with Gasteiger partial charge in [-0.3, -0.25) is 4.79 Å². The summed E-state index contributed by atoms with van der Waals surface area (Å²) in [6.07, 6.45) is -1.53. The summed E-state index contributed by atoms with van der Waals surface area (Å²) in [7, 11) is 0. The van der Waals surface area contributed by atoms with E-state index in [-0.39, 0.29) is 5.56 Å². The number of hydrogen-bond donors (Lipinski definition) is 5. The fraction of sp³-hybridized carbons (Fsp3) is 0.375. The van der Waals surface area contributed by atoms with E-state index >= 15 is 0 Å². The topological polar surface area (TPSA) is 114 Å². The van der Waals surface area contributed by atoms with Crippen molar-refractivity contribution in [3.8, 4) is 5.75 Å². The molecule has 6 nitrogen and oxygen atoms in total. The third-order valence-electron chi connectivity index (χ3n) is 1.80. The summed E-state index contributed by atoms with van der Waals surface area (Å²) in [5.41, 5.74) is -0.553. The molecule has 0 fully saturated rings. The maximum absolute atomic E-state index is 10.7. The minimum Gasteiger partial charge on any atom is -0.503 e. The number of aliphatic hydroxyl groups is 3. The molecule has 1 rings (SSSR count). The van der Waals surface area contributed by atoms with Crippen LogP contribution in [0.15, 0.2) is 17.1 Å². The molecule has 1 heterocycles. The minimum absolute atomic E-state index is 0.128. The zero-order valence-electron chi connectivity index (χ0n) is 7.21. The fourth-order valence-electron chi connectivity index (χ4n) is 0.981. The van der Waals surface area contributed by atoms with Gasteiger partial charge >= 0.3 is 0 Å². The van der Waals surface area contributed by atoms with E-state index in [9.17, 15) is 9.90 Å². The highest BCUT2D eigenvalue weighted by Crippen LogP contribution is 2.17. The number of aromatic hydroxyl groups is 1. The van der Waals surface area contributed by atoms with Gasteiger partial charge in [0.2, 0.25) is 0 Å². The van der Waals surface area contributed by atoms with Gasteiger partial charge in [0.1, 0.15) is 12.2 Å². The molecule has 0 saturated heterocycles. The molecule has 0 aliphatic carbocycles. The lowest BCUT2D eigenvalue weighted by Crippen LogP contribution is -2.22. The van der Waals surface area contributed by atoms with Crippen molar-refractivity contribution >= 4 is 0 Å². The largest absolute Gasteiger partial charge is 0.503 e. The van der Waals surface area contributed by atoms with Crippen LogP contribution in [0, 0.1) is 0 Å². The van der Waals surface area contributed by atoms with Crippen LogP contribution in [0.1, 0.15) is 11.7 Å². The van der Waals surface area contributed by atoms with Gasteiger partial charge in [0.25, 0.3) is 5.56 Å². The van der Waals surface area contributed by atoms with E-state index in [2.05, 4.69) is 4.98 Å². The molecule has 0 saturated carbocycles. The van der Waals surface area contributed by atoms with Crippen LogP contribution in [0.4, 0.5) is 0 Å². The van der Waals surface area contributed by atoms with Crippen molar-refractivity contribution in [2.24, 2.45) is 0 Å². The molecule has 2 atom stereocenters. The van der Waals surface area contributed by atoms with E-state index in [0.29, 0.717) is 0 Å². The van der Waals surface area contributed by atoms with Crippen LogP contribution in [0.5, 0.6) is 5.75 Å². The summed E-state index contributed by atoms with van der Waals surface area (Å²) in [5, 5.41) is 36.0. The molecule has 1 aromatic rings. The predicted octanol–water partition coefficient (Wildman–Crippen LogP) is -1.53. The van der Waals surface area contributed by atoms with Crippen molar-refractivity contribution in [1.29, 1.82) is 0 Å². The molecule has 5 N–H and O–H groups in total. The van der Waals surface area contributed by atoms with Crippen molar-refractivity contribution < 1.29 is 20.4 Å². The monoisotopic (exact) mass is 201 g/mol. The Bertz CT molecular complexity index is 361. The molecule has 0 aliphatic rings. The molecule has 0 bridgehead atoms. The van der Waals surface area contributed by atoms with Gasteiger partial charge in [0.15, 0.2) is 5.75 Å². The number of hydrogen-bond acceptors (Lipinski definition) is 5. The summed E-state index contributed by atoms with van der Waals surface area (Å²) in [6.45, 7) is -0.610. The van der Waals surface area contributed by atoms with Crippen LogP contribution in [0.3, 0.4) is 0 Å². The van der Waals surface area contributed by atoms with E-state index in [0.717, 1.165) is 12.3 Å². The standard InChI is InChI=1S/C8H11NO5/c10-3-6(12)7(13)4-1-5(11)8(14)9-2-4/h1-2,6-7,10-13H,3H2,(H,9,14). The molecular formula is C8H11NO5. The first-order valence-electron chi connectivity index (χ1n) is 3.95. The third kappa shape index (κ3) is 2.11. The number of nitrogens with one attached hydrogen (secondary N) is 1. The molecule has 0 aromatic carbocycles. The van der Waals surface area contributed by atoms with E-state index in [4.69, 9.17) is 15.3 Å². The van der Waals surface area contributed by atoms with Gasteiger partial charge < -0.3 is 25.4 Å². The Morgan fingerprint density at radius 2 is 2.07 bits per heavy atom. The number of aliphatic hydroxyl groups excluding tert-OH is 3. The normalized spacial score (nSPS) is 15.1. The van der Waals surface area contributed by atoms with Crippen LogP contribution >= 0.6 is 0 Å². The van der Waals surface area contributed by atoms with Crippen molar-refractivity contribution in [3.05, 3.63) is 28.2 Å². The summed E-state index contributed by atoms with van der Waals surface area (Å²) >= 11 is 0. The maximum atomic E-state index is 10.7. The molecule has 0 spiro atoms. The van der Waals surface area contributed by atoms with Crippen molar-refractivity contribution in [2.45, 2.75) is 12.2 Å². The number of H-pyrrole nitrogens is 1. The fourth-order valence-corrected chi connectivity index (χ4v) is 0.981. The summed E-state index contributed by atoms with van der Waals surface area (Å²) in [4.78, 5) is 12.9. The van der Waals surface area contributed by atoms with Crippen LogP contribution < -0.4 is 5.56 Å². The number of rotatable bonds is 3. The first kappa shape index (κ1) is 10.7. The Morgan fingerprint density at radius 3 is 2.57 bits per heavy atom. The number of aromatic amines is 1. The average molecular weight is 201 g/mol. The molecule has 0 amide bonds. The highest BCUT2D eigenvalue weighted by atomic mass is 16.4. The van der Waals surface area contributed by atoms with E-state index in [1.165, 1.54) is 0 Å². The zero-order valence-corrected chi connectivity index (χ0v) is 7.21. The lowest BCUT2D eigenvalue weighted by Gasteiger charge is -2.15. The molecule has 0 radical (unpaired) electrons. The Hall–Kier alpha value is -1.37. The zero-order chi connectivity index (χ0) is 10.7. The van der Waals surface area contributed by atoms with Gasteiger partial charge in [-0.05, 0) is 6.07 Å².